The van der Waals surface area contributed by atoms with Crippen molar-refractivity contribution in [3.63, 3.8) is 0 Å². The minimum absolute atomic E-state index is 0.173. The molecule has 2 aromatic carbocycles. The molecular formula is C15H14FNOS. The van der Waals surface area contributed by atoms with Crippen molar-refractivity contribution in [1.29, 1.82) is 0 Å². The van der Waals surface area contributed by atoms with E-state index < -0.39 is 0 Å². The van der Waals surface area contributed by atoms with Crippen molar-refractivity contribution < 1.29 is 9.18 Å². The maximum atomic E-state index is 12.7. The summed E-state index contributed by atoms with van der Waals surface area (Å²) in [5.74, 6) is 0.293. The van der Waals surface area contributed by atoms with E-state index in [0.29, 0.717) is 12.1 Å². The highest BCUT2D eigenvalue weighted by molar-refractivity contribution is 7.99. The second kappa shape index (κ2) is 6.95. The first kappa shape index (κ1) is 13.6. The van der Waals surface area contributed by atoms with Crippen molar-refractivity contribution in [3.8, 4) is 0 Å². The minimum atomic E-state index is -0.337. The Balaban J connectivity index is 1.74. The molecular weight excluding hydrogens is 261 g/mol. The monoisotopic (exact) mass is 275 g/mol. The molecule has 4 heteroatoms. The van der Waals surface area contributed by atoms with Crippen molar-refractivity contribution >= 4 is 17.7 Å². The van der Waals surface area contributed by atoms with Crippen LogP contribution < -0.4 is 5.32 Å². The number of carbonyl (C=O) groups excluding carboxylic acids is 1. The highest BCUT2D eigenvalue weighted by atomic mass is 32.2. The van der Waals surface area contributed by atoms with E-state index in [1.165, 1.54) is 29.2 Å². The molecule has 0 saturated carbocycles. The van der Waals surface area contributed by atoms with Crippen molar-refractivity contribution in [1.82, 2.24) is 5.32 Å². The van der Waals surface area contributed by atoms with Gasteiger partial charge in [0.2, 0.25) is 0 Å². The van der Waals surface area contributed by atoms with Gasteiger partial charge in [0.1, 0.15) is 5.82 Å². The molecule has 0 spiro atoms. The molecule has 0 radical (unpaired) electrons. The lowest BCUT2D eigenvalue weighted by molar-refractivity contribution is 0.0956. The first-order chi connectivity index (χ1) is 9.25. The molecule has 0 unspecified atom stereocenters. The highest BCUT2D eigenvalue weighted by Gasteiger charge is 2.04. The van der Waals surface area contributed by atoms with E-state index in [0.717, 1.165) is 5.75 Å². The molecule has 2 nitrogen and oxygen atoms in total. The molecule has 2 aromatic rings. The maximum absolute atomic E-state index is 12.7. The standard InChI is InChI=1S/C15H14FNOS/c16-13-8-6-12(7-9-13)15(18)17-10-11-19-14-4-2-1-3-5-14/h1-9H,10-11H2,(H,17,18). The molecule has 0 atom stereocenters. The largest absolute Gasteiger partial charge is 0.351 e. The zero-order valence-corrected chi connectivity index (χ0v) is 11.1. The van der Waals surface area contributed by atoms with Crippen molar-refractivity contribution in [2.45, 2.75) is 4.90 Å². The number of benzene rings is 2. The Kier molecular flexibility index (Phi) is 4.98. The van der Waals surface area contributed by atoms with Gasteiger partial charge in [-0.2, -0.15) is 0 Å². The molecule has 0 aliphatic carbocycles. The van der Waals surface area contributed by atoms with Crippen molar-refractivity contribution in [3.05, 3.63) is 66.0 Å². The molecule has 98 valence electrons. The van der Waals surface area contributed by atoms with Gasteiger partial charge in [-0.3, -0.25) is 4.79 Å². The lowest BCUT2D eigenvalue weighted by Gasteiger charge is -2.05. The Morgan fingerprint density at radius 2 is 1.74 bits per heavy atom. The third-order valence-corrected chi connectivity index (χ3v) is 3.52. The van der Waals surface area contributed by atoms with Crippen molar-refractivity contribution in [2.75, 3.05) is 12.3 Å². The summed E-state index contributed by atoms with van der Waals surface area (Å²) >= 11 is 1.69. The van der Waals surface area contributed by atoms with Crippen LogP contribution in [0.3, 0.4) is 0 Å². The lowest BCUT2D eigenvalue weighted by Crippen LogP contribution is -2.25. The van der Waals surface area contributed by atoms with Gasteiger partial charge in [-0.15, -0.1) is 11.8 Å². The molecule has 2 rings (SSSR count). The van der Waals surface area contributed by atoms with Crippen LogP contribution in [0.1, 0.15) is 10.4 Å². The molecule has 1 N–H and O–H groups in total. The molecule has 0 aromatic heterocycles. The van der Waals surface area contributed by atoms with Gasteiger partial charge < -0.3 is 5.32 Å². The van der Waals surface area contributed by atoms with Crippen LogP contribution in [0.4, 0.5) is 4.39 Å². The average Bonchev–Trinajstić information content (AvgIpc) is 2.45. The van der Waals surface area contributed by atoms with Gasteiger partial charge in [-0.1, -0.05) is 18.2 Å². The summed E-state index contributed by atoms with van der Waals surface area (Å²) in [6.45, 7) is 0.579. The normalized spacial score (nSPS) is 10.2. The van der Waals surface area contributed by atoms with Crippen LogP contribution in [0.15, 0.2) is 59.5 Å². The van der Waals surface area contributed by atoms with Gasteiger partial charge in [0.25, 0.3) is 5.91 Å². The zero-order chi connectivity index (χ0) is 13.5. The van der Waals surface area contributed by atoms with Crippen LogP contribution in [0.5, 0.6) is 0 Å². The average molecular weight is 275 g/mol. The van der Waals surface area contributed by atoms with E-state index in [4.69, 9.17) is 0 Å². The van der Waals surface area contributed by atoms with Gasteiger partial charge in [0.15, 0.2) is 0 Å². The van der Waals surface area contributed by atoms with Gasteiger partial charge in [-0.05, 0) is 36.4 Å². The summed E-state index contributed by atoms with van der Waals surface area (Å²) in [6.07, 6.45) is 0. The summed E-state index contributed by atoms with van der Waals surface area (Å²) < 4.78 is 12.7. The van der Waals surface area contributed by atoms with Crippen molar-refractivity contribution in [2.24, 2.45) is 0 Å². The van der Waals surface area contributed by atoms with Gasteiger partial charge >= 0.3 is 0 Å². The predicted octanol–water partition coefficient (Wildman–Crippen LogP) is 3.35. The van der Waals surface area contributed by atoms with Crippen LogP contribution in [-0.2, 0) is 0 Å². The number of carbonyl (C=O) groups is 1. The third-order valence-electron chi connectivity index (χ3n) is 2.51. The maximum Gasteiger partial charge on any atom is 0.251 e. The Bertz CT molecular complexity index is 528. The Hall–Kier alpha value is -1.81. The third kappa shape index (κ3) is 4.41. The molecule has 0 fully saturated rings. The second-order valence-corrected chi connectivity index (χ2v) is 5.09. The fraction of sp³-hybridized carbons (Fsp3) is 0.133. The molecule has 1 amide bonds. The van der Waals surface area contributed by atoms with Crippen LogP contribution >= 0.6 is 11.8 Å². The number of thioether (sulfide) groups is 1. The summed E-state index contributed by atoms with van der Waals surface area (Å²) in [7, 11) is 0. The summed E-state index contributed by atoms with van der Waals surface area (Å²) in [4.78, 5) is 12.9. The molecule has 0 aliphatic rings. The zero-order valence-electron chi connectivity index (χ0n) is 10.3. The van der Waals surface area contributed by atoms with E-state index in [-0.39, 0.29) is 11.7 Å². The lowest BCUT2D eigenvalue weighted by atomic mass is 10.2. The van der Waals surface area contributed by atoms with E-state index in [2.05, 4.69) is 5.32 Å². The van der Waals surface area contributed by atoms with E-state index in [1.807, 2.05) is 30.3 Å². The minimum Gasteiger partial charge on any atom is -0.351 e. The van der Waals surface area contributed by atoms with Gasteiger partial charge in [0.05, 0.1) is 0 Å². The number of amides is 1. The smallest absolute Gasteiger partial charge is 0.251 e. The first-order valence-electron chi connectivity index (χ1n) is 5.97. The number of halogens is 1. The quantitative estimate of drug-likeness (QED) is 0.669. The number of nitrogens with one attached hydrogen (secondary N) is 1. The molecule has 0 heterocycles. The highest BCUT2D eigenvalue weighted by Crippen LogP contribution is 2.15. The SMILES string of the molecule is O=C(NCCSc1ccccc1)c1ccc(F)cc1. The van der Waals surface area contributed by atoms with E-state index in [9.17, 15) is 9.18 Å². The number of hydrogen-bond donors (Lipinski definition) is 1. The number of rotatable bonds is 5. The summed E-state index contributed by atoms with van der Waals surface area (Å²) in [5, 5.41) is 2.81. The second-order valence-electron chi connectivity index (χ2n) is 3.92. The fourth-order valence-corrected chi connectivity index (χ4v) is 2.34. The fourth-order valence-electron chi connectivity index (χ4n) is 1.55. The van der Waals surface area contributed by atoms with Crippen LogP contribution in [0.2, 0.25) is 0 Å². The van der Waals surface area contributed by atoms with Gasteiger partial charge in [-0.25, -0.2) is 4.39 Å². The molecule has 0 bridgehead atoms. The van der Waals surface area contributed by atoms with Crippen LogP contribution in [0, 0.1) is 5.82 Å². The molecule has 0 saturated heterocycles. The van der Waals surface area contributed by atoms with E-state index >= 15 is 0 Å². The molecule has 0 aliphatic heterocycles. The summed E-state index contributed by atoms with van der Waals surface area (Å²) in [6, 6.07) is 15.5. The van der Waals surface area contributed by atoms with E-state index in [1.54, 1.807) is 11.8 Å². The van der Waals surface area contributed by atoms with Crippen LogP contribution in [0.25, 0.3) is 0 Å². The van der Waals surface area contributed by atoms with Gasteiger partial charge in [0, 0.05) is 22.8 Å². The molecule has 19 heavy (non-hydrogen) atoms. The topological polar surface area (TPSA) is 29.1 Å². The Morgan fingerprint density at radius 1 is 1.05 bits per heavy atom. The number of hydrogen-bond acceptors (Lipinski definition) is 2. The first-order valence-corrected chi connectivity index (χ1v) is 6.96. The Morgan fingerprint density at radius 3 is 2.42 bits per heavy atom. The predicted molar refractivity (Wildman–Crippen MR) is 75.9 cm³/mol. The Labute approximate surface area is 116 Å². The van der Waals surface area contributed by atoms with Crippen LogP contribution in [-0.4, -0.2) is 18.2 Å². The summed E-state index contributed by atoms with van der Waals surface area (Å²) in [5.41, 5.74) is 0.478.